The molecule has 1 atom stereocenters. The summed E-state index contributed by atoms with van der Waals surface area (Å²) in [6.45, 7) is 7.61. The molecule has 6 nitrogen and oxygen atoms in total. The van der Waals surface area contributed by atoms with Gasteiger partial charge >= 0.3 is 0 Å². The Morgan fingerprint density at radius 1 is 1.06 bits per heavy atom. The number of ether oxygens (including phenoxy) is 1. The van der Waals surface area contributed by atoms with Crippen molar-refractivity contribution in [2.24, 2.45) is 12.0 Å². The van der Waals surface area contributed by atoms with Crippen LogP contribution < -0.4 is 15.4 Å². The number of hydrogen-bond donors (Lipinski definition) is 2. The zero-order valence-electron chi connectivity index (χ0n) is 19.6. The Balaban J connectivity index is 0.00000363. The number of aryl methyl sites for hydroxylation is 2. The van der Waals surface area contributed by atoms with Gasteiger partial charge in [0.1, 0.15) is 12.4 Å². The van der Waals surface area contributed by atoms with Crippen LogP contribution in [0.3, 0.4) is 0 Å². The standard InChI is InChI=1S/C25H33N5O.HI/c1-18(15-24-19(2)29-30(5)20(24)3)28-25(26-4)27-16-21-11-13-22(14-12-21)17-31-23-9-7-6-8-10-23;/h6-14,18H,15-17H2,1-5H3,(H2,26,27,28);1H. The molecule has 2 aromatic carbocycles. The van der Waals surface area contributed by atoms with E-state index in [-0.39, 0.29) is 30.0 Å². The first-order chi connectivity index (χ1) is 15.0. The topological polar surface area (TPSA) is 63.5 Å². The van der Waals surface area contributed by atoms with Gasteiger partial charge in [-0.1, -0.05) is 42.5 Å². The number of nitrogens with zero attached hydrogens (tertiary/aromatic N) is 3. The summed E-state index contributed by atoms with van der Waals surface area (Å²) in [5.74, 6) is 1.68. The number of rotatable bonds is 8. The maximum atomic E-state index is 5.81. The van der Waals surface area contributed by atoms with Gasteiger partial charge in [0.2, 0.25) is 0 Å². The summed E-state index contributed by atoms with van der Waals surface area (Å²) in [6, 6.07) is 18.6. The predicted octanol–water partition coefficient (Wildman–Crippen LogP) is 4.53. The fourth-order valence-corrected chi connectivity index (χ4v) is 3.52. The van der Waals surface area contributed by atoms with Gasteiger partial charge in [0, 0.05) is 32.4 Å². The van der Waals surface area contributed by atoms with Crippen LogP contribution in [-0.4, -0.2) is 28.8 Å². The van der Waals surface area contributed by atoms with Crippen LogP contribution >= 0.6 is 24.0 Å². The molecule has 0 amide bonds. The number of aromatic nitrogens is 2. The molecule has 0 aliphatic heterocycles. The van der Waals surface area contributed by atoms with Gasteiger partial charge in [0.05, 0.1) is 5.69 Å². The second kappa shape index (κ2) is 12.5. The van der Waals surface area contributed by atoms with E-state index in [4.69, 9.17) is 4.74 Å². The van der Waals surface area contributed by atoms with Crippen LogP contribution in [0.4, 0.5) is 0 Å². The van der Waals surface area contributed by atoms with E-state index >= 15 is 0 Å². The third kappa shape index (κ3) is 7.25. The van der Waals surface area contributed by atoms with Crippen molar-refractivity contribution in [3.63, 3.8) is 0 Å². The van der Waals surface area contributed by atoms with E-state index in [0.29, 0.717) is 13.2 Å². The molecule has 0 aliphatic rings. The summed E-state index contributed by atoms with van der Waals surface area (Å²) in [5, 5.41) is 11.4. The molecule has 2 N–H and O–H groups in total. The minimum atomic E-state index is 0. The minimum absolute atomic E-state index is 0. The lowest BCUT2D eigenvalue weighted by atomic mass is 10.1. The van der Waals surface area contributed by atoms with E-state index in [1.54, 1.807) is 7.05 Å². The van der Waals surface area contributed by atoms with Gasteiger partial charge in [-0.2, -0.15) is 5.10 Å². The number of benzene rings is 2. The summed E-state index contributed by atoms with van der Waals surface area (Å²) in [4.78, 5) is 4.37. The van der Waals surface area contributed by atoms with Crippen molar-refractivity contribution >= 4 is 29.9 Å². The third-order valence-electron chi connectivity index (χ3n) is 5.41. The normalized spacial score (nSPS) is 12.1. The zero-order chi connectivity index (χ0) is 22.2. The van der Waals surface area contributed by atoms with Crippen LogP contribution in [0, 0.1) is 13.8 Å². The molecule has 0 saturated carbocycles. The molecule has 172 valence electrons. The van der Waals surface area contributed by atoms with Crippen LogP contribution in [0.15, 0.2) is 59.6 Å². The molecule has 0 spiro atoms. The van der Waals surface area contributed by atoms with E-state index in [2.05, 4.69) is 65.8 Å². The number of hydrogen-bond acceptors (Lipinski definition) is 3. The summed E-state index contributed by atoms with van der Waals surface area (Å²) in [5.41, 5.74) is 5.94. The Kier molecular flexibility index (Phi) is 10.0. The first-order valence-corrected chi connectivity index (χ1v) is 10.7. The molecule has 0 saturated heterocycles. The molecule has 0 radical (unpaired) electrons. The first-order valence-electron chi connectivity index (χ1n) is 10.7. The van der Waals surface area contributed by atoms with Crippen LogP contribution in [0.5, 0.6) is 5.75 Å². The highest BCUT2D eigenvalue weighted by atomic mass is 127. The summed E-state index contributed by atoms with van der Waals surface area (Å²) < 4.78 is 7.75. The van der Waals surface area contributed by atoms with Crippen LogP contribution in [0.1, 0.15) is 35.0 Å². The average molecular weight is 547 g/mol. The minimum Gasteiger partial charge on any atom is -0.489 e. The molecule has 3 aromatic rings. The van der Waals surface area contributed by atoms with E-state index in [1.165, 1.54) is 16.8 Å². The third-order valence-corrected chi connectivity index (χ3v) is 5.41. The lowest BCUT2D eigenvalue weighted by Crippen LogP contribution is -2.42. The Hall–Kier alpha value is -2.55. The molecular weight excluding hydrogens is 513 g/mol. The highest BCUT2D eigenvalue weighted by Gasteiger charge is 2.14. The van der Waals surface area contributed by atoms with Crippen molar-refractivity contribution in [2.45, 2.75) is 46.4 Å². The van der Waals surface area contributed by atoms with Gasteiger partial charge < -0.3 is 15.4 Å². The van der Waals surface area contributed by atoms with E-state index in [1.807, 2.05) is 42.1 Å². The maximum Gasteiger partial charge on any atom is 0.191 e. The Bertz CT molecular complexity index is 999. The van der Waals surface area contributed by atoms with E-state index in [0.717, 1.165) is 29.4 Å². The van der Waals surface area contributed by atoms with Crippen molar-refractivity contribution < 1.29 is 4.74 Å². The van der Waals surface area contributed by atoms with Gasteiger partial charge in [-0.05, 0) is 56.0 Å². The Labute approximate surface area is 208 Å². The fraction of sp³-hybridized carbons (Fsp3) is 0.360. The van der Waals surface area contributed by atoms with Crippen molar-refractivity contribution in [3.8, 4) is 5.75 Å². The van der Waals surface area contributed by atoms with Crippen molar-refractivity contribution in [2.75, 3.05) is 7.05 Å². The van der Waals surface area contributed by atoms with Crippen molar-refractivity contribution in [1.82, 2.24) is 20.4 Å². The number of aliphatic imine (C=N–C) groups is 1. The lowest BCUT2D eigenvalue weighted by molar-refractivity contribution is 0.306. The summed E-state index contributed by atoms with van der Waals surface area (Å²) in [6.07, 6.45) is 0.905. The summed E-state index contributed by atoms with van der Waals surface area (Å²) in [7, 11) is 3.79. The van der Waals surface area contributed by atoms with Gasteiger partial charge in [-0.25, -0.2) is 0 Å². The highest BCUT2D eigenvalue weighted by Crippen LogP contribution is 2.14. The number of halogens is 1. The molecule has 0 fully saturated rings. The highest BCUT2D eigenvalue weighted by molar-refractivity contribution is 14.0. The van der Waals surface area contributed by atoms with Gasteiger partial charge in [-0.3, -0.25) is 9.67 Å². The van der Waals surface area contributed by atoms with E-state index < -0.39 is 0 Å². The van der Waals surface area contributed by atoms with Crippen molar-refractivity contribution in [3.05, 3.63) is 82.7 Å². The second-order valence-corrected chi connectivity index (χ2v) is 7.87. The molecule has 3 rings (SSSR count). The molecule has 1 heterocycles. The van der Waals surface area contributed by atoms with Crippen LogP contribution in [-0.2, 0) is 26.6 Å². The van der Waals surface area contributed by atoms with Crippen molar-refractivity contribution in [1.29, 1.82) is 0 Å². The predicted molar refractivity (Wildman–Crippen MR) is 142 cm³/mol. The first kappa shape index (κ1) is 25.7. The SMILES string of the molecule is CN=C(NCc1ccc(COc2ccccc2)cc1)NC(C)Cc1c(C)nn(C)c1C.I. The van der Waals surface area contributed by atoms with E-state index in [9.17, 15) is 0 Å². The molecule has 7 heteroatoms. The van der Waals surface area contributed by atoms with Crippen LogP contribution in [0.2, 0.25) is 0 Å². The average Bonchev–Trinajstić information content (AvgIpc) is 3.02. The monoisotopic (exact) mass is 547 g/mol. The second-order valence-electron chi connectivity index (χ2n) is 7.87. The summed E-state index contributed by atoms with van der Waals surface area (Å²) >= 11 is 0. The number of nitrogens with one attached hydrogen (secondary N) is 2. The molecule has 1 unspecified atom stereocenters. The fourth-order valence-electron chi connectivity index (χ4n) is 3.52. The quantitative estimate of drug-likeness (QED) is 0.247. The molecular formula is C25H34IN5O. The molecule has 0 aliphatic carbocycles. The molecule has 1 aromatic heterocycles. The van der Waals surface area contributed by atoms with Gasteiger partial charge in [0.15, 0.2) is 5.96 Å². The van der Waals surface area contributed by atoms with Gasteiger partial charge in [-0.15, -0.1) is 24.0 Å². The molecule has 0 bridgehead atoms. The molecule has 32 heavy (non-hydrogen) atoms. The number of para-hydroxylation sites is 1. The maximum absolute atomic E-state index is 5.81. The van der Waals surface area contributed by atoms with Gasteiger partial charge in [0.25, 0.3) is 0 Å². The number of guanidine groups is 1. The zero-order valence-corrected chi connectivity index (χ0v) is 21.9. The Morgan fingerprint density at radius 3 is 2.31 bits per heavy atom. The largest absolute Gasteiger partial charge is 0.489 e. The lowest BCUT2D eigenvalue weighted by Gasteiger charge is -2.18. The Morgan fingerprint density at radius 2 is 1.72 bits per heavy atom. The van der Waals surface area contributed by atoms with Crippen LogP contribution in [0.25, 0.3) is 0 Å². The smallest absolute Gasteiger partial charge is 0.191 e.